The highest BCUT2D eigenvalue weighted by Crippen LogP contribution is 2.39. The van der Waals surface area contributed by atoms with Gasteiger partial charge in [0, 0.05) is 29.6 Å². The Morgan fingerprint density at radius 3 is 2.81 bits per heavy atom. The molecule has 164 valence electrons. The van der Waals surface area contributed by atoms with Crippen LogP contribution in [0.1, 0.15) is 16.5 Å². The summed E-state index contributed by atoms with van der Waals surface area (Å²) in [6.45, 7) is 0.304. The van der Waals surface area contributed by atoms with Crippen LogP contribution in [0.3, 0.4) is 0 Å². The first kappa shape index (κ1) is 21.8. The summed E-state index contributed by atoms with van der Waals surface area (Å²) in [5.74, 6) is -2.31. The number of benzene rings is 1. The predicted octanol–water partition coefficient (Wildman–Crippen LogP) is 4.47. The maximum absolute atomic E-state index is 14.6. The van der Waals surface area contributed by atoms with Gasteiger partial charge in [0.05, 0.1) is 5.70 Å². The van der Waals surface area contributed by atoms with Gasteiger partial charge in [-0.15, -0.1) is 24.5 Å². The molecule has 1 saturated heterocycles. The number of ether oxygens (including phenoxy) is 1. The molecule has 4 rings (SSSR count). The van der Waals surface area contributed by atoms with Crippen molar-refractivity contribution < 1.29 is 32.3 Å². The largest absolute Gasteiger partial charge is 0.573 e. The summed E-state index contributed by atoms with van der Waals surface area (Å²) in [6.07, 6.45) is 0.842. The van der Waals surface area contributed by atoms with E-state index in [0.29, 0.717) is 21.0 Å². The van der Waals surface area contributed by atoms with Gasteiger partial charge in [-0.3, -0.25) is 4.79 Å². The third-order valence-electron chi connectivity index (χ3n) is 4.84. The predicted molar refractivity (Wildman–Crippen MR) is 103 cm³/mol. The smallest absolute Gasteiger partial charge is 0.406 e. The van der Waals surface area contributed by atoms with Crippen LogP contribution in [0.25, 0.3) is 0 Å². The van der Waals surface area contributed by atoms with E-state index in [1.54, 1.807) is 17.1 Å². The summed E-state index contributed by atoms with van der Waals surface area (Å²) >= 11 is 7.06. The standard InChI is InChI=1S/C19H14ClF4N3O3S/c20-18-25-9-11(31-18)8-15-26-6-2-1-3-14(26)17(28)16(27(15)29)12-7-10(4-5-13(12)21)30-19(22,23)24/h1-5,7,9,15-16,29H,6,8H2. The number of hydrogen-bond acceptors (Lipinski definition) is 7. The Balaban J connectivity index is 1.74. The minimum absolute atomic E-state index is 0.191. The molecule has 0 bridgehead atoms. The van der Waals surface area contributed by atoms with Gasteiger partial charge >= 0.3 is 6.36 Å². The Labute approximate surface area is 182 Å². The molecule has 2 aromatic rings. The quantitative estimate of drug-likeness (QED) is 0.658. The Morgan fingerprint density at radius 2 is 2.13 bits per heavy atom. The molecule has 6 nitrogen and oxygen atoms in total. The van der Waals surface area contributed by atoms with Crippen molar-refractivity contribution in [1.29, 1.82) is 0 Å². The van der Waals surface area contributed by atoms with E-state index in [0.717, 1.165) is 18.2 Å². The average Bonchev–Trinajstić information content (AvgIpc) is 3.11. The van der Waals surface area contributed by atoms with E-state index < -0.39 is 41.5 Å². The van der Waals surface area contributed by atoms with Crippen molar-refractivity contribution in [3.63, 3.8) is 0 Å². The van der Waals surface area contributed by atoms with Crippen LogP contribution in [-0.2, 0) is 11.2 Å². The summed E-state index contributed by atoms with van der Waals surface area (Å²) in [6, 6.07) is 0.757. The first-order chi connectivity index (χ1) is 14.6. The molecule has 0 saturated carbocycles. The number of halogens is 5. The molecule has 2 atom stereocenters. The van der Waals surface area contributed by atoms with Crippen molar-refractivity contribution in [3.8, 4) is 5.75 Å². The van der Waals surface area contributed by atoms with Crippen LogP contribution in [0.2, 0.25) is 4.47 Å². The minimum Gasteiger partial charge on any atom is -0.406 e. The zero-order valence-corrected chi connectivity index (χ0v) is 17.1. The van der Waals surface area contributed by atoms with E-state index in [-0.39, 0.29) is 12.1 Å². The number of fused-ring (bicyclic) bond motifs is 1. The fourth-order valence-corrected chi connectivity index (χ4v) is 4.59. The number of carbonyl (C=O) groups excluding carboxylic acids is 1. The lowest BCUT2D eigenvalue weighted by Gasteiger charge is -2.46. The number of thiazole rings is 1. The second-order valence-corrected chi connectivity index (χ2v) is 8.47. The van der Waals surface area contributed by atoms with Gasteiger partial charge in [0.25, 0.3) is 0 Å². The van der Waals surface area contributed by atoms with Gasteiger partial charge in [-0.2, -0.15) is 5.06 Å². The second-order valence-electron chi connectivity index (χ2n) is 6.77. The van der Waals surface area contributed by atoms with E-state index >= 15 is 0 Å². The van der Waals surface area contributed by atoms with Crippen molar-refractivity contribution >= 4 is 28.7 Å². The number of Topliss-reactive ketones (excluding diaryl/α,β-unsaturated/α-hetero) is 1. The van der Waals surface area contributed by atoms with Gasteiger partial charge in [-0.05, 0) is 24.3 Å². The van der Waals surface area contributed by atoms with Crippen LogP contribution in [0, 0.1) is 5.82 Å². The summed E-state index contributed by atoms with van der Waals surface area (Å²) in [7, 11) is 0. The number of hydroxylamine groups is 2. The third kappa shape index (κ3) is 4.45. The zero-order chi connectivity index (χ0) is 22.3. The molecule has 3 heterocycles. The topological polar surface area (TPSA) is 65.9 Å². The van der Waals surface area contributed by atoms with Crippen LogP contribution >= 0.6 is 22.9 Å². The molecule has 0 aliphatic carbocycles. The Kier molecular flexibility index (Phi) is 5.77. The van der Waals surface area contributed by atoms with Crippen molar-refractivity contribution in [2.24, 2.45) is 0 Å². The molecule has 1 aromatic heterocycles. The number of hydrogen-bond donors (Lipinski definition) is 1. The molecular formula is C19H14ClF4N3O3S. The summed E-state index contributed by atoms with van der Waals surface area (Å²) < 4.78 is 56.6. The fraction of sp³-hybridized carbons (Fsp3) is 0.263. The molecule has 0 spiro atoms. The van der Waals surface area contributed by atoms with Crippen LogP contribution in [0.5, 0.6) is 5.75 Å². The fourth-order valence-electron chi connectivity index (χ4n) is 3.58. The molecule has 2 aliphatic heterocycles. The SMILES string of the molecule is O=C1C2=CC=CCN2C(Cc2cnc(Cl)s2)N(O)C1c1cc(OC(F)(F)F)ccc1F. The van der Waals surface area contributed by atoms with E-state index in [1.807, 2.05) is 0 Å². The molecular weight excluding hydrogens is 462 g/mol. The van der Waals surface area contributed by atoms with Crippen LogP contribution in [0.4, 0.5) is 17.6 Å². The molecule has 12 heteroatoms. The van der Waals surface area contributed by atoms with Crippen LogP contribution in [-0.4, -0.2) is 45.0 Å². The van der Waals surface area contributed by atoms with E-state index in [1.165, 1.54) is 23.6 Å². The van der Waals surface area contributed by atoms with Gasteiger partial charge in [-0.1, -0.05) is 23.8 Å². The number of carbonyl (C=O) groups is 1. The summed E-state index contributed by atoms with van der Waals surface area (Å²) in [4.78, 5) is 19.4. The molecule has 0 amide bonds. The lowest BCUT2D eigenvalue weighted by atomic mass is 9.93. The van der Waals surface area contributed by atoms with Gasteiger partial charge < -0.3 is 14.8 Å². The number of rotatable bonds is 4. The average molecular weight is 476 g/mol. The maximum Gasteiger partial charge on any atom is 0.573 e. The first-order valence-corrected chi connectivity index (χ1v) is 10.1. The molecule has 1 aromatic carbocycles. The molecule has 31 heavy (non-hydrogen) atoms. The van der Waals surface area contributed by atoms with Crippen molar-refractivity contribution in [1.82, 2.24) is 14.9 Å². The lowest BCUT2D eigenvalue weighted by molar-refractivity contribution is -0.274. The van der Waals surface area contributed by atoms with Crippen molar-refractivity contribution in [2.45, 2.75) is 25.0 Å². The van der Waals surface area contributed by atoms with Gasteiger partial charge in [0.2, 0.25) is 5.78 Å². The second kappa shape index (κ2) is 8.23. The van der Waals surface area contributed by atoms with E-state index in [9.17, 15) is 27.6 Å². The van der Waals surface area contributed by atoms with Crippen molar-refractivity contribution in [2.75, 3.05) is 6.54 Å². The van der Waals surface area contributed by atoms with Gasteiger partial charge in [-0.25, -0.2) is 9.37 Å². The first-order valence-electron chi connectivity index (χ1n) is 8.94. The highest BCUT2D eigenvalue weighted by molar-refractivity contribution is 7.15. The van der Waals surface area contributed by atoms with Crippen molar-refractivity contribution in [3.05, 3.63) is 69.0 Å². The maximum atomic E-state index is 14.6. The number of nitrogens with zero attached hydrogens (tertiary/aromatic N) is 3. The highest BCUT2D eigenvalue weighted by Gasteiger charge is 2.45. The number of alkyl halides is 3. The molecule has 0 radical (unpaired) electrons. The lowest BCUT2D eigenvalue weighted by Crippen LogP contribution is -2.57. The number of allylic oxidation sites excluding steroid dienone is 2. The van der Waals surface area contributed by atoms with Gasteiger partial charge in [0.15, 0.2) is 4.47 Å². The Bertz CT molecular complexity index is 1070. The molecule has 2 aliphatic rings. The van der Waals surface area contributed by atoms with Gasteiger partial charge in [0.1, 0.15) is 23.8 Å². The monoisotopic (exact) mass is 475 g/mol. The molecule has 2 unspecified atom stereocenters. The highest BCUT2D eigenvalue weighted by atomic mass is 35.5. The summed E-state index contributed by atoms with van der Waals surface area (Å²) in [5, 5.41) is 11.6. The van der Waals surface area contributed by atoms with Crippen LogP contribution < -0.4 is 4.74 Å². The normalized spacial score (nSPS) is 21.8. The summed E-state index contributed by atoms with van der Waals surface area (Å²) in [5.41, 5.74) is -0.225. The zero-order valence-electron chi connectivity index (χ0n) is 15.5. The molecule has 1 N–H and O–H groups in total. The Morgan fingerprint density at radius 1 is 1.35 bits per heavy atom. The minimum atomic E-state index is -4.99. The molecule has 1 fully saturated rings. The van der Waals surface area contributed by atoms with E-state index in [4.69, 9.17) is 11.6 Å². The third-order valence-corrected chi connectivity index (χ3v) is 5.97. The van der Waals surface area contributed by atoms with Crippen LogP contribution in [0.15, 0.2) is 48.3 Å². The number of aromatic nitrogens is 1. The van der Waals surface area contributed by atoms with E-state index in [2.05, 4.69) is 9.72 Å². The Hall–Kier alpha value is -2.47. The number of ketones is 1.